The lowest BCUT2D eigenvalue weighted by atomic mass is 9.87. The summed E-state index contributed by atoms with van der Waals surface area (Å²) in [6, 6.07) is 0. The van der Waals surface area contributed by atoms with Crippen LogP contribution in [0, 0.1) is 5.92 Å². The van der Waals surface area contributed by atoms with Crippen LogP contribution in [0.2, 0.25) is 0 Å². The number of rotatable bonds is 7. The number of unbranched alkanes of at least 4 members (excludes halogenated alkanes) is 1. The Morgan fingerprint density at radius 1 is 1.45 bits per heavy atom. The minimum Gasteiger partial charge on any atom is -0.381 e. The minimum absolute atomic E-state index is 0.0768. The van der Waals surface area contributed by atoms with Crippen LogP contribution in [0.25, 0.3) is 0 Å². The second kappa shape index (κ2) is 8.35. The van der Waals surface area contributed by atoms with Crippen LogP contribution >= 0.6 is 0 Å². The first kappa shape index (κ1) is 15.4. The first-order valence-corrected chi connectivity index (χ1v) is 7.48. The Balaban J connectivity index is 1.91. The molecule has 2 rings (SSSR count). The minimum atomic E-state index is -0.0768. The van der Waals surface area contributed by atoms with Crippen LogP contribution in [-0.2, 0) is 19.0 Å². The summed E-state index contributed by atoms with van der Waals surface area (Å²) < 4.78 is 16.9. The van der Waals surface area contributed by atoms with E-state index in [-0.39, 0.29) is 6.10 Å². The van der Waals surface area contributed by atoms with E-state index in [0.29, 0.717) is 32.3 Å². The summed E-state index contributed by atoms with van der Waals surface area (Å²) in [7, 11) is 0. The maximum atomic E-state index is 11.2. The summed E-state index contributed by atoms with van der Waals surface area (Å²) >= 11 is 0. The van der Waals surface area contributed by atoms with E-state index in [1.54, 1.807) is 0 Å². The molecule has 4 heteroatoms. The van der Waals surface area contributed by atoms with Gasteiger partial charge in [0.1, 0.15) is 12.4 Å². The third-order valence-corrected chi connectivity index (χ3v) is 3.71. The quantitative estimate of drug-likeness (QED) is 0.530. The smallest absolute Gasteiger partial charge is 0.150 e. The SMILES string of the molecule is CCCCOCC1C=CC(C=O)=C(C2COCCO2)C1. The molecule has 0 N–H and O–H groups in total. The number of ether oxygens (including phenoxy) is 3. The molecular weight excluding hydrogens is 256 g/mol. The van der Waals surface area contributed by atoms with E-state index in [2.05, 4.69) is 13.0 Å². The van der Waals surface area contributed by atoms with Gasteiger partial charge in [-0.3, -0.25) is 4.79 Å². The zero-order valence-electron chi connectivity index (χ0n) is 12.2. The standard InChI is InChI=1S/C16H24O4/c1-2-3-6-18-11-13-4-5-14(10-17)15(9-13)16-12-19-7-8-20-16/h4-5,10,13,16H,2-3,6-9,11-12H2,1H3. The van der Waals surface area contributed by atoms with E-state index in [0.717, 1.165) is 43.3 Å². The van der Waals surface area contributed by atoms with Crippen molar-refractivity contribution >= 4 is 6.29 Å². The summed E-state index contributed by atoms with van der Waals surface area (Å²) in [5.41, 5.74) is 1.80. The van der Waals surface area contributed by atoms with Crippen molar-refractivity contribution in [2.24, 2.45) is 5.92 Å². The van der Waals surface area contributed by atoms with Gasteiger partial charge in [0.25, 0.3) is 0 Å². The van der Waals surface area contributed by atoms with Crippen molar-refractivity contribution in [3.8, 4) is 0 Å². The zero-order valence-corrected chi connectivity index (χ0v) is 12.2. The molecule has 20 heavy (non-hydrogen) atoms. The largest absolute Gasteiger partial charge is 0.381 e. The number of allylic oxidation sites excluding steroid dienone is 2. The molecule has 0 aromatic heterocycles. The van der Waals surface area contributed by atoms with Gasteiger partial charge >= 0.3 is 0 Å². The molecule has 2 unspecified atom stereocenters. The van der Waals surface area contributed by atoms with E-state index in [1.807, 2.05) is 6.08 Å². The van der Waals surface area contributed by atoms with Crippen molar-refractivity contribution in [2.45, 2.75) is 32.3 Å². The molecule has 0 bridgehead atoms. The number of hydrogen-bond donors (Lipinski definition) is 0. The lowest BCUT2D eigenvalue weighted by molar-refractivity contribution is -0.105. The third kappa shape index (κ3) is 4.27. The topological polar surface area (TPSA) is 44.8 Å². The van der Waals surface area contributed by atoms with Crippen LogP contribution < -0.4 is 0 Å². The fourth-order valence-electron chi connectivity index (χ4n) is 2.53. The molecular formula is C16H24O4. The summed E-state index contributed by atoms with van der Waals surface area (Å²) in [6.07, 6.45) is 7.88. The monoisotopic (exact) mass is 280 g/mol. The van der Waals surface area contributed by atoms with Gasteiger partial charge in [-0.05, 0) is 18.4 Å². The van der Waals surface area contributed by atoms with Gasteiger partial charge < -0.3 is 14.2 Å². The van der Waals surface area contributed by atoms with E-state index in [4.69, 9.17) is 14.2 Å². The Labute approximate surface area is 120 Å². The maximum absolute atomic E-state index is 11.2. The molecule has 1 heterocycles. The normalized spacial score (nSPS) is 26.9. The fourth-order valence-corrected chi connectivity index (χ4v) is 2.53. The van der Waals surface area contributed by atoms with Crippen molar-refractivity contribution in [1.29, 1.82) is 0 Å². The van der Waals surface area contributed by atoms with Crippen molar-refractivity contribution in [2.75, 3.05) is 33.0 Å². The van der Waals surface area contributed by atoms with Crippen molar-refractivity contribution < 1.29 is 19.0 Å². The highest BCUT2D eigenvalue weighted by molar-refractivity contribution is 5.79. The van der Waals surface area contributed by atoms with Crippen LogP contribution in [0.4, 0.5) is 0 Å². The second-order valence-corrected chi connectivity index (χ2v) is 5.28. The second-order valence-electron chi connectivity index (χ2n) is 5.28. The predicted molar refractivity (Wildman–Crippen MR) is 76.6 cm³/mol. The van der Waals surface area contributed by atoms with Gasteiger partial charge in [0.05, 0.1) is 26.4 Å². The van der Waals surface area contributed by atoms with Gasteiger partial charge in [-0.1, -0.05) is 25.5 Å². The molecule has 1 aliphatic heterocycles. The molecule has 4 nitrogen and oxygen atoms in total. The summed E-state index contributed by atoms with van der Waals surface area (Å²) in [5.74, 6) is 0.330. The number of carbonyl (C=O) groups is 1. The van der Waals surface area contributed by atoms with Crippen LogP contribution in [0.15, 0.2) is 23.3 Å². The molecule has 0 radical (unpaired) electrons. The van der Waals surface area contributed by atoms with Gasteiger partial charge in [0, 0.05) is 18.1 Å². The predicted octanol–water partition coefficient (Wildman–Crippen LogP) is 2.29. The molecule has 112 valence electrons. The zero-order chi connectivity index (χ0) is 14.2. The molecule has 0 saturated carbocycles. The van der Waals surface area contributed by atoms with Gasteiger partial charge in [-0.2, -0.15) is 0 Å². The highest BCUT2D eigenvalue weighted by Crippen LogP contribution is 2.28. The Bertz CT molecular complexity index is 367. The van der Waals surface area contributed by atoms with Gasteiger partial charge in [-0.15, -0.1) is 0 Å². The lowest BCUT2D eigenvalue weighted by Crippen LogP contribution is -2.32. The molecule has 0 aromatic carbocycles. The molecule has 0 aromatic rings. The average Bonchev–Trinajstić information content (AvgIpc) is 2.52. The Hall–Kier alpha value is -0.970. The molecule has 2 atom stereocenters. The van der Waals surface area contributed by atoms with Gasteiger partial charge in [-0.25, -0.2) is 0 Å². The van der Waals surface area contributed by atoms with Crippen LogP contribution in [-0.4, -0.2) is 45.4 Å². The molecule has 2 aliphatic rings. The highest BCUT2D eigenvalue weighted by Gasteiger charge is 2.26. The maximum Gasteiger partial charge on any atom is 0.150 e. The van der Waals surface area contributed by atoms with Gasteiger partial charge in [0.2, 0.25) is 0 Å². The van der Waals surface area contributed by atoms with E-state index < -0.39 is 0 Å². The van der Waals surface area contributed by atoms with E-state index >= 15 is 0 Å². The summed E-state index contributed by atoms with van der Waals surface area (Å²) in [5, 5.41) is 0. The van der Waals surface area contributed by atoms with Crippen molar-refractivity contribution in [3.63, 3.8) is 0 Å². The molecule has 1 aliphatic carbocycles. The number of hydrogen-bond acceptors (Lipinski definition) is 4. The first-order chi connectivity index (χ1) is 9.85. The third-order valence-electron chi connectivity index (χ3n) is 3.71. The molecule has 0 amide bonds. The van der Waals surface area contributed by atoms with Gasteiger partial charge in [0.15, 0.2) is 0 Å². The van der Waals surface area contributed by atoms with Crippen LogP contribution in [0.5, 0.6) is 0 Å². The van der Waals surface area contributed by atoms with Crippen molar-refractivity contribution in [1.82, 2.24) is 0 Å². The summed E-state index contributed by atoms with van der Waals surface area (Å²) in [6.45, 7) is 5.45. The van der Waals surface area contributed by atoms with Crippen LogP contribution in [0.1, 0.15) is 26.2 Å². The first-order valence-electron chi connectivity index (χ1n) is 7.48. The molecule has 1 saturated heterocycles. The summed E-state index contributed by atoms with van der Waals surface area (Å²) in [4.78, 5) is 11.2. The lowest BCUT2D eigenvalue weighted by Gasteiger charge is -2.30. The number of aldehydes is 1. The Morgan fingerprint density at radius 2 is 2.35 bits per heavy atom. The highest BCUT2D eigenvalue weighted by atomic mass is 16.6. The Kier molecular flexibility index (Phi) is 6.43. The van der Waals surface area contributed by atoms with E-state index in [9.17, 15) is 4.79 Å². The van der Waals surface area contributed by atoms with E-state index in [1.165, 1.54) is 0 Å². The molecule has 0 spiro atoms. The van der Waals surface area contributed by atoms with Crippen LogP contribution in [0.3, 0.4) is 0 Å². The van der Waals surface area contributed by atoms with Crippen molar-refractivity contribution in [3.05, 3.63) is 23.3 Å². The average molecular weight is 280 g/mol. The Morgan fingerprint density at radius 3 is 3.05 bits per heavy atom. The molecule has 1 fully saturated rings. The fraction of sp³-hybridized carbons (Fsp3) is 0.688. The number of carbonyl (C=O) groups excluding carboxylic acids is 1.